The predicted molar refractivity (Wildman–Crippen MR) is 37.0 cm³/mol. The van der Waals surface area contributed by atoms with Gasteiger partial charge in [-0.3, -0.25) is 4.68 Å². The van der Waals surface area contributed by atoms with Crippen molar-refractivity contribution < 1.29 is 0 Å². The first-order valence-electron chi connectivity index (χ1n) is 2.91. The molecule has 0 saturated heterocycles. The molecule has 0 aliphatic carbocycles. The van der Waals surface area contributed by atoms with Crippen LogP contribution in [0.3, 0.4) is 0 Å². The van der Waals surface area contributed by atoms with Crippen LogP contribution in [0.1, 0.15) is 6.92 Å². The summed E-state index contributed by atoms with van der Waals surface area (Å²) < 4.78 is 1.85. The second-order valence-corrected chi connectivity index (χ2v) is 2.16. The van der Waals surface area contributed by atoms with Gasteiger partial charge in [-0.15, -0.1) is 0 Å². The van der Waals surface area contributed by atoms with Gasteiger partial charge < -0.3 is 0 Å². The van der Waals surface area contributed by atoms with Crippen LogP contribution in [0, 0.1) is 0 Å². The number of allylic oxidation sites excluding steroid dienone is 1. The van der Waals surface area contributed by atoms with E-state index >= 15 is 0 Å². The summed E-state index contributed by atoms with van der Waals surface area (Å²) in [4.78, 5) is 0. The second-order valence-electron chi connectivity index (χ2n) is 2.16. The van der Waals surface area contributed by atoms with Gasteiger partial charge in [-0.25, -0.2) is 0 Å². The summed E-state index contributed by atoms with van der Waals surface area (Å²) in [6, 6.07) is 1.91. The Morgan fingerprint density at radius 1 is 1.78 bits per heavy atom. The highest BCUT2D eigenvalue weighted by atomic mass is 15.3. The van der Waals surface area contributed by atoms with Crippen molar-refractivity contribution in [3.63, 3.8) is 0 Å². The third-order valence-electron chi connectivity index (χ3n) is 0.991. The molecule has 0 radical (unpaired) electrons. The van der Waals surface area contributed by atoms with Crippen molar-refractivity contribution in [3.8, 4) is 0 Å². The summed E-state index contributed by atoms with van der Waals surface area (Å²) in [5.41, 5.74) is 1.12. The van der Waals surface area contributed by atoms with Gasteiger partial charge in [0.2, 0.25) is 0 Å². The molecule has 0 unspecified atom stereocenters. The molecule has 1 rings (SSSR count). The van der Waals surface area contributed by atoms with E-state index in [1.807, 2.05) is 23.9 Å². The van der Waals surface area contributed by atoms with E-state index in [0.717, 1.165) is 12.1 Å². The van der Waals surface area contributed by atoms with E-state index in [1.54, 1.807) is 6.20 Å². The molecule has 1 aromatic heterocycles. The molecule has 0 spiro atoms. The van der Waals surface area contributed by atoms with Crippen LogP contribution in [-0.4, -0.2) is 9.78 Å². The van der Waals surface area contributed by atoms with Crippen molar-refractivity contribution >= 4 is 0 Å². The van der Waals surface area contributed by atoms with Crippen LogP contribution in [0.15, 0.2) is 30.6 Å². The fourth-order valence-corrected chi connectivity index (χ4v) is 0.671. The summed E-state index contributed by atoms with van der Waals surface area (Å²) in [7, 11) is 0. The minimum atomic E-state index is 0.826. The van der Waals surface area contributed by atoms with E-state index in [0.29, 0.717) is 0 Å². The molecule has 0 aromatic carbocycles. The highest BCUT2D eigenvalue weighted by molar-refractivity contribution is 4.90. The molecule has 0 atom stereocenters. The Bertz CT molecular complexity index is 187. The predicted octanol–water partition coefficient (Wildman–Crippen LogP) is 1.46. The van der Waals surface area contributed by atoms with Gasteiger partial charge in [0.25, 0.3) is 0 Å². The van der Waals surface area contributed by atoms with Crippen LogP contribution >= 0.6 is 0 Å². The number of hydrogen-bond donors (Lipinski definition) is 0. The van der Waals surface area contributed by atoms with E-state index in [2.05, 4.69) is 11.7 Å². The van der Waals surface area contributed by atoms with Gasteiger partial charge in [0.15, 0.2) is 0 Å². The Morgan fingerprint density at radius 3 is 3.00 bits per heavy atom. The average Bonchev–Trinajstić information content (AvgIpc) is 2.15. The zero-order valence-corrected chi connectivity index (χ0v) is 5.54. The lowest BCUT2D eigenvalue weighted by atomic mass is 10.4. The van der Waals surface area contributed by atoms with Gasteiger partial charge in [-0.1, -0.05) is 12.2 Å². The lowest BCUT2D eigenvalue weighted by Gasteiger charge is -1.96. The maximum Gasteiger partial charge on any atom is 0.0613 e. The number of hydrogen-bond acceptors (Lipinski definition) is 1. The molecular formula is C7H10N2. The fraction of sp³-hybridized carbons (Fsp3) is 0.286. The largest absolute Gasteiger partial charge is 0.269 e. The van der Waals surface area contributed by atoms with E-state index in [-0.39, 0.29) is 0 Å². The zero-order chi connectivity index (χ0) is 6.69. The first-order valence-corrected chi connectivity index (χ1v) is 2.91. The van der Waals surface area contributed by atoms with E-state index in [9.17, 15) is 0 Å². The fourth-order valence-electron chi connectivity index (χ4n) is 0.671. The third-order valence-corrected chi connectivity index (χ3v) is 0.991. The normalized spacial score (nSPS) is 9.44. The van der Waals surface area contributed by atoms with Crippen LogP contribution in [0.25, 0.3) is 0 Å². The van der Waals surface area contributed by atoms with Gasteiger partial charge in [-0.2, -0.15) is 5.10 Å². The molecule has 0 fully saturated rings. The number of rotatable bonds is 2. The van der Waals surface area contributed by atoms with E-state index in [4.69, 9.17) is 0 Å². The van der Waals surface area contributed by atoms with Crippen molar-refractivity contribution in [1.29, 1.82) is 0 Å². The maximum absolute atomic E-state index is 4.01. The molecule has 1 aromatic rings. The quantitative estimate of drug-likeness (QED) is 0.543. The van der Waals surface area contributed by atoms with Gasteiger partial charge in [0.05, 0.1) is 6.54 Å². The number of nitrogens with zero attached hydrogens (tertiary/aromatic N) is 2. The van der Waals surface area contributed by atoms with Crippen molar-refractivity contribution in [2.45, 2.75) is 13.5 Å². The van der Waals surface area contributed by atoms with Crippen LogP contribution in [-0.2, 0) is 6.54 Å². The van der Waals surface area contributed by atoms with Crippen LogP contribution in [0.4, 0.5) is 0 Å². The summed E-state index contributed by atoms with van der Waals surface area (Å²) in [5.74, 6) is 0. The molecule has 0 N–H and O–H groups in total. The average molecular weight is 122 g/mol. The Labute approximate surface area is 54.8 Å². The standard InChI is InChI=1S/C7H10N2/c1-7(2)6-9-5-3-4-8-9/h3-5H,1,6H2,2H3. The maximum atomic E-state index is 4.01. The molecule has 1 heterocycles. The molecule has 2 heteroatoms. The Hall–Kier alpha value is -1.05. The summed E-state index contributed by atoms with van der Waals surface area (Å²) in [6.45, 7) is 6.58. The molecule has 0 saturated carbocycles. The smallest absolute Gasteiger partial charge is 0.0613 e. The molecule has 0 aliphatic heterocycles. The Morgan fingerprint density at radius 2 is 2.56 bits per heavy atom. The van der Waals surface area contributed by atoms with Gasteiger partial charge in [0, 0.05) is 12.4 Å². The number of aromatic nitrogens is 2. The highest BCUT2D eigenvalue weighted by Crippen LogP contribution is 1.92. The third kappa shape index (κ3) is 1.72. The first kappa shape index (κ1) is 6.08. The van der Waals surface area contributed by atoms with Crippen LogP contribution < -0.4 is 0 Å². The Balaban J connectivity index is 2.58. The molecule has 2 nitrogen and oxygen atoms in total. The van der Waals surface area contributed by atoms with Gasteiger partial charge in [0.1, 0.15) is 0 Å². The molecular weight excluding hydrogens is 112 g/mol. The van der Waals surface area contributed by atoms with Crippen LogP contribution in [0.2, 0.25) is 0 Å². The zero-order valence-electron chi connectivity index (χ0n) is 5.54. The minimum absolute atomic E-state index is 0.826. The molecule has 9 heavy (non-hydrogen) atoms. The first-order chi connectivity index (χ1) is 4.29. The van der Waals surface area contributed by atoms with Gasteiger partial charge >= 0.3 is 0 Å². The van der Waals surface area contributed by atoms with Crippen LogP contribution in [0.5, 0.6) is 0 Å². The molecule has 0 bridgehead atoms. The lowest BCUT2D eigenvalue weighted by Crippen LogP contribution is -1.97. The Kier molecular flexibility index (Phi) is 1.68. The molecule has 48 valence electrons. The summed E-state index contributed by atoms with van der Waals surface area (Å²) in [5, 5.41) is 4.01. The monoisotopic (exact) mass is 122 g/mol. The van der Waals surface area contributed by atoms with Crippen molar-refractivity contribution in [1.82, 2.24) is 9.78 Å². The van der Waals surface area contributed by atoms with E-state index < -0.39 is 0 Å². The van der Waals surface area contributed by atoms with Crippen molar-refractivity contribution in [2.24, 2.45) is 0 Å². The topological polar surface area (TPSA) is 17.8 Å². The second kappa shape index (κ2) is 2.49. The minimum Gasteiger partial charge on any atom is -0.269 e. The SMILES string of the molecule is C=C(C)Cn1cccn1. The highest BCUT2D eigenvalue weighted by Gasteiger charge is 1.86. The molecule has 0 aliphatic rings. The van der Waals surface area contributed by atoms with Crippen molar-refractivity contribution in [2.75, 3.05) is 0 Å². The summed E-state index contributed by atoms with van der Waals surface area (Å²) >= 11 is 0. The lowest BCUT2D eigenvalue weighted by molar-refractivity contribution is 0.679. The van der Waals surface area contributed by atoms with Gasteiger partial charge in [-0.05, 0) is 13.0 Å². The molecule has 0 amide bonds. The van der Waals surface area contributed by atoms with Crippen molar-refractivity contribution in [3.05, 3.63) is 30.6 Å². The summed E-state index contributed by atoms with van der Waals surface area (Å²) in [6.07, 6.45) is 3.69. The van der Waals surface area contributed by atoms with E-state index in [1.165, 1.54) is 0 Å².